The van der Waals surface area contributed by atoms with E-state index >= 15 is 0 Å². The first-order valence-electron chi connectivity index (χ1n) is 9.14. The molecule has 1 aromatic carbocycles. The first-order valence-corrected chi connectivity index (χ1v) is 10.0. The maximum Gasteiger partial charge on any atom is 0.265 e. The Morgan fingerprint density at radius 3 is 2.65 bits per heavy atom. The molecule has 2 N–H and O–H groups in total. The van der Waals surface area contributed by atoms with Gasteiger partial charge in [-0.25, -0.2) is 0 Å². The van der Waals surface area contributed by atoms with Crippen molar-refractivity contribution in [3.8, 4) is 0 Å². The number of nitrogens with zero attached hydrogens (tertiary/aromatic N) is 1. The third-order valence-corrected chi connectivity index (χ3v) is 5.62. The molecule has 5 nitrogen and oxygen atoms in total. The standard InChI is InChI=1S/C20H25N3O2S/c1-2-17(23-10-3-4-11-23)14-21-19(24)15-7-5-8-16(13-15)22-20(25)18-9-6-12-26-18/h5-9,12-13,17H,2-4,10-11,14H2,1H3,(H,21,24)(H,22,25). The number of carbonyl (C=O) groups excluding carboxylic acids is 2. The molecule has 0 spiro atoms. The van der Waals surface area contributed by atoms with Gasteiger partial charge in [-0.2, -0.15) is 0 Å². The van der Waals surface area contributed by atoms with Gasteiger partial charge >= 0.3 is 0 Å². The van der Waals surface area contributed by atoms with Crippen molar-refractivity contribution < 1.29 is 9.59 Å². The van der Waals surface area contributed by atoms with E-state index in [9.17, 15) is 9.59 Å². The summed E-state index contributed by atoms with van der Waals surface area (Å²) in [5.41, 5.74) is 1.19. The molecule has 6 heteroatoms. The lowest BCUT2D eigenvalue weighted by molar-refractivity contribution is 0.0936. The fourth-order valence-electron chi connectivity index (χ4n) is 3.29. The van der Waals surface area contributed by atoms with E-state index in [1.165, 1.54) is 24.2 Å². The van der Waals surface area contributed by atoms with Crippen molar-refractivity contribution in [2.45, 2.75) is 32.2 Å². The first-order chi connectivity index (χ1) is 12.7. The topological polar surface area (TPSA) is 61.4 Å². The van der Waals surface area contributed by atoms with Crippen molar-refractivity contribution in [3.05, 3.63) is 52.2 Å². The van der Waals surface area contributed by atoms with Gasteiger partial charge in [0.15, 0.2) is 0 Å². The molecular formula is C20H25N3O2S. The number of anilines is 1. The number of benzene rings is 1. The molecule has 0 radical (unpaired) electrons. The van der Waals surface area contributed by atoms with Crippen molar-refractivity contribution in [2.24, 2.45) is 0 Å². The van der Waals surface area contributed by atoms with Crippen LogP contribution in [0.1, 0.15) is 46.2 Å². The number of rotatable bonds is 7. The summed E-state index contributed by atoms with van der Waals surface area (Å²) in [6.45, 7) is 5.06. The van der Waals surface area contributed by atoms with Crippen LogP contribution in [0.2, 0.25) is 0 Å². The molecule has 1 aromatic heterocycles. The molecule has 26 heavy (non-hydrogen) atoms. The number of hydrogen-bond acceptors (Lipinski definition) is 4. The van der Waals surface area contributed by atoms with Gasteiger partial charge in [-0.3, -0.25) is 14.5 Å². The Balaban J connectivity index is 1.58. The van der Waals surface area contributed by atoms with Crippen molar-refractivity contribution in [3.63, 3.8) is 0 Å². The molecular weight excluding hydrogens is 346 g/mol. The third kappa shape index (κ3) is 4.71. The molecule has 2 aromatic rings. The second-order valence-corrected chi connectivity index (χ2v) is 7.48. The Hall–Kier alpha value is -2.18. The minimum Gasteiger partial charge on any atom is -0.350 e. The Labute approximate surface area is 158 Å². The lowest BCUT2D eigenvalue weighted by Gasteiger charge is -2.26. The number of thiophene rings is 1. The number of nitrogens with one attached hydrogen (secondary N) is 2. The van der Waals surface area contributed by atoms with Gasteiger partial charge < -0.3 is 10.6 Å². The molecule has 3 rings (SSSR count). The third-order valence-electron chi connectivity index (χ3n) is 4.75. The molecule has 0 saturated carbocycles. The van der Waals surface area contributed by atoms with Gasteiger partial charge in [-0.1, -0.05) is 19.1 Å². The zero-order valence-corrected chi connectivity index (χ0v) is 15.8. The van der Waals surface area contributed by atoms with Crippen LogP contribution in [-0.2, 0) is 0 Å². The van der Waals surface area contributed by atoms with Crippen LogP contribution in [0.15, 0.2) is 41.8 Å². The normalized spacial score (nSPS) is 15.6. The molecule has 1 fully saturated rings. The fraction of sp³-hybridized carbons (Fsp3) is 0.400. The van der Waals surface area contributed by atoms with E-state index in [2.05, 4.69) is 22.5 Å². The van der Waals surface area contributed by atoms with Gasteiger partial charge in [0.05, 0.1) is 4.88 Å². The fourth-order valence-corrected chi connectivity index (χ4v) is 3.91. The number of amides is 2. The summed E-state index contributed by atoms with van der Waals surface area (Å²) in [7, 11) is 0. The van der Waals surface area contributed by atoms with Crippen LogP contribution in [0.4, 0.5) is 5.69 Å². The van der Waals surface area contributed by atoms with Crippen molar-refractivity contribution in [2.75, 3.05) is 25.0 Å². The summed E-state index contributed by atoms with van der Waals surface area (Å²) in [5, 5.41) is 7.75. The minimum atomic E-state index is -0.155. The molecule has 2 amide bonds. The highest BCUT2D eigenvalue weighted by Crippen LogP contribution is 2.16. The molecule has 1 saturated heterocycles. The molecule has 1 aliphatic heterocycles. The number of hydrogen-bond donors (Lipinski definition) is 2. The predicted octanol–water partition coefficient (Wildman–Crippen LogP) is 3.60. The van der Waals surface area contributed by atoms with E-state index in [0.717, 1.165) is 19.5 Å². The van der Waals surface area contributed by atoms with Gasteiger partial charge in [0.1, 0.15) is 0 Å². The number of likely N-dealkylation sites (tertiary alicyclic amines) is 1. The predicted molar refractivity (Wildman–Crippen MR) is 106 cm³/mol. The van der Waals surface area contributed by atoms with Gasteiger partial charge in [0, 0.05) is 23.8 Å². The van der Waals surface area contributed by atoms with Gasteiger partial charge in [0.2, 0.25) is 0 Å². The van der Waals surface area contributed by atoms with E-state index in [4.69, 9.17) is 0 Å². The van der Waals surface area contributed by atoms with E-state index in [1.54, 1.807) is 30.3 Å². The van der Waals surface area contributed by atoms with E-state index in [1.807, 2.05) is 11.4 Å². The summed E-state index contributed by atoms with van der Waals surface area (Å²) in [4.78, 5) is 27.8. The second kappa shape index (κ2) is 8.96. The largest absolute Gasteiger partial charge is 0.350 e. The quantitative estimate of drug-likeness (QED) is 0.782. The summed E-state index contributed by atoms with van der Waals surface area (Å²) in [5.74, 6) is -0.257. The zero-order valence-electron chi connectivity index (χ0n) is 15.0. The van der Waals surface area contributed by atoms with E-state index in [0.29, 0.717) is 28.7 Å². The van der Waals surface area contributed by atoms with Gasteiger partial charge in [0.25, 0.3) is 11.8 Å². The van der Waals surface area contributed by atoms with Crippen LogP contribution >= 0.6 is 11.3 Å². The van der Waals surface area contributed by atoms with Gasteiger partial charge in [-0.15, -0.1) is 11.3 Å². The van der Waals surface area contributed by atoms with Crippen LogP contribution in [0.25, 0.3) is 0 Å². The SMILES string of the molecule is CCC(CNC(=O)c1cccc(NC(=O)c2cccs2)c1)N1CCCC1. The average Bonchev–Trinajstić information content (AvgIpc) is 3.36. The summed E-state index contributed by atoms with van der Waals surface area (Å²) in [6, 6.07) is 11.1. The lowest BCUT2D eigenvalue weighted by Crippen LogP contribution is -2.42. The highest BCUT2D eigenvalue weighted by Gasteiger charge is 2.21. The van der Waals surface area contributed by atoms with Crippen LogP contribution in [0.3, 0.4) is 0 Å². The van der Waals surface area contributed by atoms with Crippen LogP contribution in [0, 0.1) is 0 Å². The van der Waals surface area contributed by atoms with Crippen molar-refractivity contribution >= 4 is 28.8 Å². The zero-order chi connectivity index (χ0) is 18.4. The Morgan fingerprint density at radius 1 is 1.15 bits per heavy atom. The maximum atomic E-state index is 12.5. The summed E-state index contributed by atoms with van der Waals surface area (Å²) in [6.07, 6.45) is 3.52. The smallest absolute Gasteiger partial charge is 0.265 e. The molecule has 0 bridgehead atoms. The molecule has 1 unspecified atom stereocenters. The maximum absolute atomic E-state index is 12.5. The second-order valence-electron chi connectivity index (χ2n) is 6.53. The van der Waals surface area contributed by atoms with Crippen molar-refractivity contribution in [1.82, 2.24) is 10.2 Å². The highest BCUT2D eigenvalue weighted by atomic mass is 32.1. The minimum absolute atomic E-state index is 0.102. The Morgan fingerprint density at radius 2 is 1.96 bits per heavy atom. The molecule has 2 heterocycles. The first kappa shape index (κ1) is 18.6. The van der Waals surface area contributed by atoms with Crippen LogP contribution < -0.4 is 10.6 Å². The Kier molecular flexibility index (Phi) is 6.41. The molecule has 1 atom stereocenters. The van der Waals surface area contributed by atoms with Gasteiger partial charge in [-0.05, 0) is 62.0 Å². The van der Waals surface area contributed by atoms with Crippen LogP contribution in [-0.4, -0.2) is 42.4 Å². The molecule has 0 aliphatic carbocycles. The highest BCUT2D eigenvalue weighted by molar-refractivity contribution is 7.12. The van der Waals surface area contributed by atoms with Crippen molar-refractivity contribution in [1.29, 1.82) is 0 Å². The van der Waals surface area contributed by atoms with Crippen LogP contribution in [0.5, 0.6) is 0 Å². The van der Waals surface area contributed by atoms with E-state index < -0.39 is 0 Å². The molecule has 1 aliphatic rings. The Bertz CT molecular complexity index is 739. The van der Waals surface area contributed by atoms with E-state index in [-0.39, 0.29) is 11.8 Å². The number of carbonyl (C=O) groups is 2. The average molecular weight is 372 g/mol. The monoisotopic (exact) mass is 371 g/mol. The lowest BCUT2D eigenvalue weighted by atomic mass is 10.1. The summed E-state index contributed by atoms with van der Waals surface area (Å²) >= 11 is 1.39. The summed E-state index contributed by atoms with van der Waals surface area (Å²) < 4.78 is 0. The molecule has 138 valence electrons.